The lowest BCUT2D eigenvalue weighted by molar-refractivity contribution is -0.115. The van der Waals surface area contributed by atoms with Gasteiger partial charge in [-0.3, -0.25) is 4.79 Å². The zero-order chi connectivity index (χ0) is 15.4. The second-order valence-corrected chi connectivity index (χ2v) is 4.70. The summed E-state index contributed by atoms with van der Waals surface area (Å²) in [5.74, 6) is -0.560. The van der Waals surface area contributed by atoms with Gasteiger partial charge < -0.3 is 5.32 Å². The number of carbonyl (C=O) groups excluding carboxylic acids is 1. The molecule has 0 spiro atoms. The van der Waals surface area contributed by atoms with E-state index in [0.717, 1.165) is 5.69 Å². The minimum Gasteiger partial charge on any atom is -0.326 e. The van der Waals surface area contributed by atoms with E-state index < -0.39 is 0 Å². The van der Waals surface area contributed by atoms with E-state index in [2.05, 4.69) is 15.6 Å². The molecular formula is C16H13FN4O. The van der Waals surface area contributed by atoms with Gasteiger partial charge in [0.25, 0.3) is 0 Å². The van der Waals surface area contributed by atoms with Crippen molar-refractivity contribution >= 4 is 11.6 Å². The van der Waals surface area contributed by atoms with Crippen molar-refractivity contribution in [3.8, 4) is 5.69 Å². The van der Waals surface area contributed by atoms with Crippen LogP contribution in [0.2, 0.25) is 0 Å². The highest BCUT2D eigenvalue weighted by Crippen LogP contribution is 2.11. The number of anilines is 1. The lowest BCUT2D eigenvalue weighted by Gasteiger charge is -2.07. The Kier molecular flexibility index (Phi) is 3.91. The molecule has 0 unspecified atom stereocenters. The molecule has 0 aliphatic heterocycles. The molecule has 0 atom stereocenters. The van der Waals surface area contributed by atoms with Crippen LogP contribution in [0.1, 0.15) is 5.69 Å². The van der Waals surface area contributed by atoms with Crippen LogP contribution in [0.25, 0.3) is 5.69 Å². The van der Waals surface area contributed by atoms with E-state index in [1.54, 1.807) is 10.9 Å². The Bertz CT molecular complexity index is 768. The van der Waals surface area contributed by atoms with Crippen LogP contribution in [0, 0.1) is 5.82 Å². The molecule has 1 heterocycles. The average Bonchev–Trinajstić information content (AvgIpc) is 2.98. The van der Waals surface area contributed by atoms with Crippen LogP contribution in [-0.2, 0) is 11.2 Å². The number of para-hydroxylation sites is 1. The highest BCUT2D eigenvalue weighted by atomic mass is 19.1. The number of halogens is 1. The Labute approximate surface area is 126 Å². The summed E-state index contributed by atoms with van der Waals surface area (Å²) in [6.45, 7) is 0. The van der Waals surface area contributed by atoms with Gasteiger partial charge in [0.15, 0.2) is 0 Å². The molecule has 22 heavy (non-hydrogen) atoms. The van der Waals surface area contributed by atoms with Crippen molar-refractivity contribution in [2.45, 2.75) is 6.42 Å². The number of nitrogens with one attached hydrogen (secondary N) is 1. The summed E-state index contributed by atoms with van der Waals surface area (Å²) in [5.41, 5.74) is 2.06. The van der Waals surface area contributed by atoms with Crippen molar-refractivity contribution in [1.82, 2.24) is 15.0 Å². The van der Waals surface area contributed by atoms with E-state index in [4.69, 9.17) is 0 Å². The van der Waals surface area contributed by atoms with Gasteiger partial charge >= 0.3 is 0 Å². The zero-order valence-corrected chi connectivity index (χ0v) is 11.6. The van der Waals surface area contributed by atoms with Crippen molar-refractivity contribution in [2.75, 3.05) is 5.32 Å². The number of hydrogen-bond acceptors (Lipinski definition) is 3. The standard InChI is InChI=1S/C16H13FN4O/c17-12-6-8-13(9-7-12)19-16(22)10-15-11-18-20-21(15)14-4-2-1-3-5-14/h1-9,11H,10H2,(H,19,22). The number of aromatic nitrogens is 3. The third kappa shape index (κ3) is 3.17. The van der Waals surface area contributed by atoms with Crippen LogP contribution in [0.3, 0.4) is 0 Å². The van der Waals surface area contributed by atoms with Crippen molar-refractivity contribution in [3.63, 3.8) is 0 Å². The molecule has 0 aliphatic rings. The van der Waals surface area contributed by atoms with Gasteiger partial charge in [0.05, 0.1) is 24.0 Å². The fourth-order valence-corrected chi connectivity index (χ4v) is 2.07. The topological polar surface area (TPSA) is 59.8 Å². The fraction of sp³-hybridized carbons (Fsp3) is 0.0625. The molecule has 3 rings (SSSR count). The number of nitrogens with zero attached hydrogens (tertiary/aromatic N) is 3. The molecule has 0 aliphatic carbocycles. The number of carbonyl (C=O) groups is 1. The molecule has 1 N–H and O–H groups in total. The SMILES string of the molecule is O=C(Cc1cnnn1-c1ccccc1)Nc1ccc(F)cc1. The summed E-state index contributed by atoms with van der Waals surface area (Å²) in [5, 5.41) is 10.6. The molecule has 0 bridgehead atoms. The highest BCUT2D eigenvalue weighted by Gasteiger charge is 2.11. The lowest BCUT2D eigenvalue weighted by atomic mass is 10.2. The van der Waals surface area contributed by atoms with Gasteiger partial charge in [0.2, 0.25) is 5.91 Å². The van der Waals surface area contributed by atoms with Crippen molar-refractivity contribution in [2.24, 2.45) is 0 Å². The van der Waals surface area contributed by atoms with Crippen LogP contribution in [-0.4, -0.2) is 20.9 Å². The Morgan fingerprint density at radius 3 is 2.55 bits per heavy atom. The zero-order valence-electron chi connectivity index (χ0n) is 11.6. The molecule has 3 aromatic rings. The molecule has 2 aromatic carbocycles. The maximum atomic E-state index is 12.8. The van der Waals surface area contributed by atoms with Gasteiger partial charge in [-0.05, 0) is 36.4 Å². The van der Waals surface area contributed by atoms with E-state index in [1.165, 1.54) is 24.3 Å². The third-order valence-corrected chi connectivity index (χ3v) is 3.09. The molecular weight excluding hydrogens is 283 g/mol. The summed E-state index contributed by atoms with van der Waals surface area (Å²) >= 11 is 0. The van der Waals surface area contributed by atoms with E-state index >= 15 is 0 Å². The Balaban J connectivity index is 1.73. The molecule has 0 radical (unpaired) electrons. The second kappa shape index (κ2) is 6.17. The summed E-state index contributed by atoms with van der Waals surface area (Å²) in [4.78, 5) is 12.1. The van der Waals surface area contributed by atoms with E-state index in [0.29, 0.717) is 11.4 Å². The minimum atomic E-state index is -0.343. The highest BCUT2D eigenvalue weighted by molar-refractivity contribution is 5.92. The third-order valence-electron chi connectivity index (χ3n) is 3.09. The van der Waals surface area contributed by atoms with Crippen LogP contribution >= 0.6 is 0 Å². The van der Waals surface area contributed by atoms with Gasteiger partial charge in [-0.1, -0.05) is 23.4 Å². The first-order chi connectivity index (χ1) is 10.7. The maximum absolute atomic E-state index is 12.8. The van der Waals surface area contributed by atoms with Crippen molar-refractivity contribution in [3.05, 3.63) is 72.3 Å². The first-order valence-electron chi connectivity index (χ1n) is 6.73. The summed E-state index contributed by atoms with van der Waals surface area (Å²) in [6.07, 6.45) is 1.68. The molecule has 5 nitrogen and oxygen atoms in total. The van der Waals surface area contributed by atoms with E-state index in [-0.39, 0.29) is 18.1 Å². The number of rotatable bonds is 4. The first-order valence-corrected chi connectivity index (χ1v) is 6.73. The summed E-state index contributed by atoms with van der Waals surface area (Å²) < 4.78 is 14.5. The minimum absolute atomic E-state index is 0.124. The van der Waals surface area contributed by atoms with E-state index in [1.807, 2.05) is 30.3 Å². The molecule has 0 saturated heterocycles. The molecule has 0 fully saturated rings. The molecule has 6 heteroatoms. The van der Waals surface area contributed by atoms with Gasteiger partial charge in [-0.25, -0.2) is 9.07 Å². The Morgan fingerprint density at radius 2 is 1.82 bits per heavy atom. The van der Waals surface area contributed by atoms with Crippen LogP contribution in [0.4, 0.5) is 10.1 Å². The number of hydrogen-bond donors (Lipinski definition) is 1. The number of amides is 1. The monoisotopic (exact) mass is 296 g/mol. The maximum Gasteiger partial charge on any atom is 0.230 e. The summed E-state index contributed by atoms with van der Waals surface area (Å²) in [7, 11) is 0. The summed E-state index contributed by atoms with van der Waals surface area (Å²) in [6, 6.07) is 15.1. The largest absolute Gasteiger partial charge is 0.326 e. The average molecular weight is 296 g/mol. The molecule has 1 amide bonds. The van der Waals surface area contributed by atoms with Gasteiger partial charge in [-0.15, -0.1) is 5.10 Å². The molecule has 110 valence electrons. The normalized spacial score (nSPS) is 10.4. The number of benzene rings is 2. The van der Waals surface area contributed by atoms with Crippen molar-refractivity contribution < 1.29 is 9.18 Å². The predicted octanol–water partition coefficient (Wildman–Crippen LogP) is 2.59. The Morgan fingerprint density at radius 1 is 1.09 bits per heavy atom. The quantitative estimate of drug-likeness (QED) is 0.805. The Hall–Kier alpha value is -3.02. The predicted molar refractivity (Wildman–Crippen MR) is 80.1 cm³/mol. The van der Waals surface area contributed by atoms with E-state index in [9.17, 15) is 9.18 Å². The van der Waals surface area contributed by atoms with Gasteiger partial charge in [0.1, 0.15) is 5.82 Å². The van der Waals surface area contributed by atoms with Gasteiger partial charge in [0, 0.05) is 5.69 Å². The van der Waals surface area contributed by atoms with Crippen LogP contribution in [0.5, 0.6) is 0 Å². The second-order valence-electron chi connectivity index (χ2n) is 4.70. The van der Waals surface area contributed by atoms with Crippen LogP contribution in [0.15, 0.2) is 60.8 Å². The van der Waals surface area contributed by atoms with Crippen molar-refractivity contribution in [1.29, 1.82) is 0 Å². The first kappa shape index (κ1) is 13.9. The molecule has 1 aromatic heterocycles. The smallest absolute Gasteiger partial charge is 0.230 e. The fourth-order valence-electron chi connectivity index (χ4n) is 2.07. The lowest BCUT2D eigenvalue weighted by Crippen LogP contribution is -2.16. The van der Waals surface area contributed by atoms with Crippen LogP contribution < -0.4 is 5.32 Å². The molecule has 0 saturated carbocycles. The van der Waals surface area contributed by atoms with Gasteiger partial charge in [-0.2, -0.15) is 0 Å².